The van der Waals surface area contributed by atoms with E-state index in [1.165, 1.54) is 16.3 Å². The SMILES string of the molecule is CCOc1cccc(/C=C2/C(=O)N(Cc3ccco3)SC2=S)c1O. The molecule has 2 aromatic rings. The third-order valence-electron chi connectivity index (χ3n) is 3.38. The second-order valence-electron chi connectivity index (χ2n) is 4.98. The van der Waals surface area contributed by atoms with Crippen molar-refractivity contribution < 1.29 is 19.1 Å². The molecule has 1 fully saturated rings. The fourth-order valence-corrected chi connectivity index (χ4v) is 3.50. The topological polar surface area (TPSA) is 62.9 Å². The van der Waals surface area contributed by atoms with E-state index in [-0.39, 0.29) is 11.7 Å². The smallest absolute Gasteiger partial charge is 0.266 e. The monoisotopic (exact) mass is 361 g/mol. The van der Waals surface area contributed by atoms with Crippen molar-refractivity contribution in [2.45, 2.75) is 13.5 Å². The molecule has 1 amide bonds. The van der Waals surface area contributed by atoms with Gasteiger partial charge < -0.3 is 14.3 Å². The Morgan fingerprint density at radius 3 is 2.92 bits per heavy atom. The molecule has 0 spiro atoms. The summed E-state index contributed by atoms with van der Waals surface area (Å²) in [5.74, 6) is 0.851. The molecule has 3 rings (SSSR count). The van der Waals surface area contributed by atoms with Crippen LogP contribution in [0.15, 0.2) is 46.6 Å². The predicted molar refractivity (Wildman–Crippen MR) is 96.7 cm³/mol. The second kappa shape index (κ2) is 7.11. The molecule has 2 heterocycles. The quantitative estimate of drug-likeness (QED) is 0.497. The van der Waals surface area contributed by atoms with Crippen molar-refractivity contribution in [3.63, 3.8) is 0 Å². The molecule has 0 aliphatic carbocycles. The number of carbonyl (C=O) groups excluding carboxylic acids is 1. The third kappa shape index (κ3) is 3.32. The molecule has 24 heavy (non-hydrogen) atoms. The number of ether oxygens (including phenoxy) is 1. The molecule has 7 heteroatoms. The van der Waals surface area contributed by atoms with Crippen LogP contribution in [-0.4, -0.2) is 26.1 Å². The zero-order valence-electron chi connectivity index (χ0n) is 12.9. The van der Waals surface area contributed by atoms with E-state index in [1.807, 2.05) is 6.92 Å². The first-order valence-electron chi connectivity index (χ1n) is 7.33. The molecule has 0 saturated carbocycles. The van der Waals surface area contributed by atoms with Crippen molar-refractivity contribution in [3.8, 4) is 11.5 Å². The third-order valence-corrected chi connectivity index (χ3v) is 4.72. The van der Waals surface area contributed by atoms with E-state index in [9.17, 15) is 9.90 Å². The van der Waals surface area contributed by atoms with Crippen molar-refractivity contribution in [2.75, 3.05) is 6.61 Å². The van der Waals surface area contributed by atoms with Gasteiger partial charge in [-0.15, -0.1) is 0 Å². The van der Waals surface area contributed by atoms with Crippen molar-refractivity contribution in [3.05, 3.63) is 53.5 Å². The van der Waals surface area contributed by atoms with Crippen LogP contribution in [0, 0.1) is 0 Å². The van der Waals surface area contributed by atoms with Crippen molar-refractivity contribution in [1.82, 2.24) is 4.31 Å². The molecule has 1 aromatic carbocycles. The number of hydrogen-bond acceptors (Lipinski definition) is 6. The Kier molecular flexibility index (Phi) is 4.92. The Morgan fingerprint density at radius 2 is 2.21 bits per heavy atom. The number of phenols is 1. The number of phenolic OH excluding ortho intramolecular Hbond substituents is 1. The molecule has 5 nitrogen and oxygen atoms in total. The van der Waals surface area contributed by atoms with Gasteiger partial charge in [0.05, 0.1) is 25.0 Å². The average molecular weight is 361 g/mol. The van der Waals surface area contributed by atoms with E-state index in [0.717, 1.165) is 0 Å². The van der Waals surface area contributed by atoms with Gasteiger partial charge in [-0.3, -0.25) is 9.10 Å². The van der Waals surface area contributed by atoms with Crippen LogP contribution in [0.5, 0.6) is 11.5 Å². The van der Waals surface area contributed by atoms with Gasteiger partial charge in [-0.25, -0.2) is 0 Å². The van der Waals surface area contributed by atoms with E-state index < -0.39 is 0 Å². The maximum atomic E-state index is 12.6. The fourth-order valence-electron chi connectivity index (χ4n) is 2.26. The lowest BCUT2D eigenvalue weighted by molar-refractivity contribution is -0.121. The molecule has 1 aliphatic rings. The van der Waals surface area contributed by atoms with Gasteiger partial charge in [-0.05, 0) is 31.2 Å². The van der Waals surface area contributed by atoms with E-state index in [4.69, 9.17) is 21.4 Å². The zero-order valence-corrected chi connectivity index (χ0v) is 14.5. The standard InChI is InChI=1S/C17H15NO4S2/c1-2-21-14-7-3-5-11(15(14)19)9-13-16(20)18(24-17(13)23)10-12-6-4-8-22-12/h3-9,19H,2,10H2,1H3/b13-9-. The van der Waals surface area contributed by atoms with Gasteiger partial charge in [-0.1, -0.05) is 24.4 Å². The van der Waals surface area contributed by atoms with Crippen LogP contribution in [0.4, 0.5) is 0 Å². The average Bonchev–Trinajstić information content (AvgIpc) is 3.15. The summed E-state index contributed by atoms with van der Waals surface area (Å²) >= 11 is 6.50. The summed E-state index contributed by atoms with van der Waals surface area (Å²) in [6.45, 7) is 2.61. The molecular formula is C17H15NO4S2. The highest BCUT2D eigenvalue weighted by molar-refractivity contribution is 8.23. The van der Waals surface area contributed by atoms with Crippen molar-refractivity contribution >= 4 is 40.3 Å². The van der Waals surface area contributed by atoms with E-state index >= 15 is 0 Å². The summed E-state index contributed by atoms with van der Waals surface area (Å²) in [7, 11) is 0. The van der Waals surface area contributed by atoms with E-state index in [0.29, 0.717) is 40.0 Å². The van der Waals surface area contributed by atoms with Gasteiger partial charge in [0.25, 0.3) is 5.91 Å². The largest absolute Gasteiger partial charge is 0.504 e. The Hall–Kier alpha value is -2.25. The highest BCUT2D eigenvalue weighted by Gasteiger charge is 2.32. The molecule has 0 atom stereocenters. The van der Waals surface area contributed by atoms with Gasteiger partial charge in [-0.2, -0.15) is 0 Å². The van der Waals surface area contributed by atoms with Crippen LogP contribution in [0.25, 0.3) is 6.08 Å². The van der Waals surface area contributed by atoms with Gasteiger partial charge in [0.1, 0.15) is 9.96 Å². The Bertz CT molecular complexity index is 799. The Morgan fingerprint density at radius 1 is 1.38 bits per heavy atom. The number of aromatic hydroxyl groups is 1. The normalized spacial score (nSPS) is 16.2. The van der Waals surface area contributed by atoms with Gasteiger partial charge in [0.2, 0.25) is 0 Å². The van der Waals surface area contributed by atoms with E-state index in [1.54, 1.807) is 42.7 Å². The highest BCUT2D eigenvalue weighted by Crippen LogP contribution is 2.36. The number of para-hydroxylation sites is 1. The predicted octanol–water partition coefficient (Wildman–Crippen LogP) is 3.79. The van der Waals surface area contributed by atoms with Crippen LogP contribution in [-0.2, 0) is 11.3 Å². The minimum absolute atomic E-state index is 0.00284. The first kappa shape index (κ1) is 16.6. The number of thiocarbonyl (C=S) groups is 1. The summed E-state index contributed by atoms with van der Waals surface area (Å²) in [5.41, 5.74) is 0.873. The molecule has 124 valence electrons. The highest BCUT2D eigenvalue weighted by atomic mass is 32.2. The first-order valence-corrected chi connectivity index (χ1v) is 8.51. The molecule has 1 saturated heterocycles. The summed E-state index contributed by atoms with van der Waals surface area (Å²) in [4.78, 5) is 12.6. The van der Waals surface area contributed by atoms with Gasteiger partial charge >= 0.3 is 0 Å². The van der Waals surface area contributed by atoms with Gasteiger partial charge in [0, 0.05) is 17.5 Å². The summed E-state index contributed by atoms with van der Waals surface area (Å²) < 4.78 is 12.6. The number of amides is 1. The summed E-state index contributed by atoms with van der Waals surface area (Å²) in [6.07, 6.45) is 3.16. The van der Waals surface area contributed by atoms with Crippen molar-refractivity contribution in [2.24, 2.45) is 0 Å². The lowest BCUT2D eigenvalue weighted by Gasteiger charge is -2.10. The Labute approximate surface area is 149 Å². The molecular weight excluding hydrogens is 346 g/mol. The lowest BCUT2D eigenvalue weighted by Crippen LogP contribution is -2.18. The minimum atomic E-state index is -0.206. The van der Waals surface area contributed by atoms with E-state index in [2.05, 4.69) is 0 Å². The number of furan rings is 1. The molecule has 1 aliphatic heterocycles. The molecule has 0 radical (unpaired) electrons. The van der Waals surface area contributed by atoms with Crippen molar-refractivity contribution in [1.29, 1.82) is 0 Å². The van der Waals surface area contributed by atoms with Gasteiger partial charge in [0.15, 0.2) is 11.5 Å². The number of hydrogen-bond donors (Lipinski definition) is 1. The molecule has 1 N–H and O–H groups in total. The number of rotatable bonds is 5. The Balaban J connectivity index is 1.86. The fraction of sp³-hybridized carbons (Fsp3) is 0.176. The maximum absolute atomic E-state index is 12.6. The minimum Gasteiger partial charge on any atom is -0.504 e. The zero-order chi connectivity index (χ0) is 17.1. The lowest BCUT2D eigenvalue weighted by atomic mass is 10.1. The number of carbonyl (C=O) groups is 1. The first-order chi connectivity index (χ1) is 11.6. The summed E-state index contributed by atoms with van der Waals surface area (Å²) in [5, 5.41) is 10.3. The van der Waals surface area contributed by atoms with Crippen LogP contribution >= 0.6 is 24.2 Å². The number of nitrogens with zero attached hydrogens (tertiary/aromatic N) is 1. The van der Waals surface area contributed by atoms with Crippen LogP contribution < -0.4 is 4.74 Å². The van der Waals surface area contributed by atoms with Crippen LogP contribution in [0.1, 0.15) is 18.2 Å². The second-order valence-corrected chi connectivity index (χ2v) is 6.68. The molecule has 0 unspecified atom stereocenters. The maximum Gasteiger partial charge on any atom is 0.266 e. The number of benzene rings is 1. The van der Waals surface area contributed by atoms with Crippen LogP contribution in [0.3, 0.4) is 0 Å². The molecule has 0 bridgehead atoms. The van der Waals surface area contributed by atoms with Crippen LogP contribution in [0.2, 0.25) is 0 Å². The summed E-state index contributed by atoms with van der Waals surface area (Å²) in [6, 6.07) is 8.71. The molecule has 1 aromatic heterocycles.